The summed E-state index contributed by atoms with van der Waals surface area (Å²) in [6.07, 6.45) is 0. The van der Waals surface area contributed by atoms with Gasteiger partial charge >= 0.3 is 0 Å². The van der Waals surface area contributed by atoms with Crippen LogP contribution in [0.2, 0.25) is 5.02 Å². The van der Waals surface area contributed by atoms with Crippen LogP contribution in [0.1, 0.15) is 62.0 Å². The van der Waals surface area contributed by atoms with Gasteiger partial charge in [-0.25, -0.2) is 4.98 Å². The van der Waals surface area contributed by atoms with Crippen molar-refractivity contribution < 1.29 is 9.21 Å². The minimum absolute atomic E-state index is 0.0299. The maximum atomic E-state index is 12.8. The molecule has 0 bridgehead atoms. The smallest absolute Gasteiger partial charge is 0.255 e. The Morgan fingerprint density at radius 3 is 2.38 bits per heavy atom. The molecule has 4 rings (SSSR count). The predicted molar refractivity (Wildman–Crippen MR) is 132 cm³/mol. The van der Waals surface area contributed by atoms with Gasteiger partial charge in [0.05, 0.1) is 10.7 Å². The van der Waals surface area contributed by atoms with E-state index in [-0.39, 0.29) is 11.3 Å². The van der Waals surface area contributed by atoms with E-state index in [2.05, 4.69) is 51.0 Å². The average molecular weight is 447 g/mol. The molecule has 0 aliphatic rings. The number of hydrogen-bond acceptors (Lipinski definition) is 3. The molecule has 0 atom stereocenters. The first-order valence-electron chi connectivity index (χ1n) is 10.7. The van der Waals surface area contributed by atoms with Gasteiger partial charge in [-0.1, -0.05) is 64.4 Å². The van der Waals surface area contributed by atoms with Crippen molar-refractivity contribution in [3.63, 3.8) is 0 Å². The minimum atomic E-state index is -0.219. The molecule has 32 heavy (non-hydrogen) atoms. The van der Waals surface area contributed by atoms with Gasteiger partial charge in [-0.15, -0.1) is 0 Å². The number of carbonyl (C=O) groups is 1. The number of aromatic nitrogens is 1. The summed E-state index contributed by atoms with van der Waals surface area (Å²) in [5.74, 6) is 0.681. The Hall–Kier alpha value is -3.11. The fourth-order valence-electron chi connectivity index (χ4n) is 3.50. The first-order valence-corrected chi connectivity index (χ1v) is 11.1. The fraction of sp³-hybridized carbons (Fsp3) is 0.259. The first-order chi connectivity index (χ1) is 15.1. The lowest BCUT2D eigenvalue weighted by Gasteiger charge is -2.19. The predicted octanol–water partition coefficient (Wildman–Crippen LogP) is 7.82. The number of anilines is 1. The molecule has 1 amide bonds. The molecule has 1 N–H and O–H groups in total. The largest absolute Gasteiger partial charge is 0.436 e. The van der Waals surface area contributed by atoms with Crippen molar-refractivity contribution in [1.82, 2.24) is 4.98 Å². The van der Waals surface area contributed by atoms with Gasteiger partial charge in [0.25, 0.3) is 5.91 Å². The average Bonchev–Trinajstić information content (AvgIpc) is 3.18. The molecule has 1 aromatic heterocycles. The molecular formula is C27H27ClN2O2. The van der Waals surface area contributed by atoms with Crippen molar-refractivity contribution in [3.05, 3.63) is 82.4 Å². The summed E-state index contributed by atoms with van der Waals surface area (Å²) in [5, 5.41) is 3.36. The highest BCUT2D eigenvalue weighted by Crippen LogP contribution is 2.32. The van der Waals surface area contributed by atoms with E-state index < -0.39 is 0 Å². The van der Waals surface area contributed by atoms with Gasteiger partial charge in [0.15, 0.2) is 5.58 Å². The lowest BCUT2D eigenvalue weighted by Crippen LogP contribution is -2.14. The van der Waals surface area contributed by atoms with E-state index in [1.165, 1.54) is 11.1 Å². The number of carbonyl (C=O) groups excluding carboxylic acids is 1. The molecule has 0 spiro atoms. The van der Waals surface area contributed by atoms with Crippen LogP contribution in [0.3, 0.4) is 0 Å². The third-order valence-electron chi connectivity index (χ3n) is 5.55. The number of amides is 1. The molecule has 4 aromatic rings. The molecule has 0 saturated carbocycles. The summed E-state index contributed by atoms with van der Waals surface area (Å²) >= 11 is 6.37. The number of fused-ring (bicyclic) bond motifs is 1. The summed E-state index contributed by atoms with van der Waals surface area (Å²) in [6.45, 7) is 10.7. The lowest BCUT2D eigenvalue weighted by molar-refractivity contribution is 0.102. The number of nitrogens with one attached hydrogen (secondary N) is 1. The van der Waals surface area contributed by atoms with Crippen molar-refractivity contribution in [1.29, 1.82) is 0 Å². The van der Waals surface area contributed by atoms with Crippen LogP contribution in [0.25, 0.3) is 22.6 Å². The summed E-state index contributed by atoms with van der Waals surface area (Å²) in [5.41, 5.74) is 5.78. The highest BCUT2D eigenvalue weighted by molar-refractivity contribution is 6.34. The zero-order chi connectivity index (χ0) is 23.0. The molecule has 4 nitrogen and oxygen atoms in total. The quantitative estimate of drug-likeness (QED) is 0.347. The van der Waals surface area contributed by atoms with Crippen molar-refractivity contribution in [2.45, 2.75) is 46.0 Å². The second-order valence-corrected chi connectivity index (χ2v) is 9.78. The Morgan fingerprint density at radius 2 is 1.72 bits per heavy atom. The van der Waals surface area contributed by atoms with Crippen LogP contribution < -0.4 is 5.32 Å². The fourth-order valence-corrected chi connectivity index (χ4v) is 3.66. The van der Waals surface area contributed by atoms with Gasteiger partial charge in [-0.2, -0.15) is 0 Å². The number of benzene rings is 3. The lowest BCUT2D eigenvalue weighted by atomic mass is 9.87. The van der Waals surface area contributed by atoms with Gasteiger partial charge in [0, 0.05) is 11.1 Å². The highest BCUT2D eigenvalue weighted by Gasteiger charge is 2.16. The monoisotopic (exact) mass is 446 g/mol. The summed E-state index contributed by atoms with van der Waals surface area (Å²) < 4.78 is 5.95. The minimum Gasteiger partial charge on any atom is -0.436 e. The van der Waals surface area contributed by atoms with Crippen LogP contribution in [0, 0.1) is 0 Å². The summed E-state index contributed by atoms with van der Waals surface area (Å²) in [7, 11) is 0. The maximum absolute atomic E-state index is 12.8. The van der Waals surface area contributed by atoms with Crippen molar-refractivity contribution in [2.24, 2.45) is 0 Å². The standard InChI is InChI=1S/C27H27ClN2O2/c1-16(2)18-9-13-24-23(14-18)30-26(32-24)19-8-12-21(28)22(15-19)29-25(31)17-6-10-20(11-7-17)27(3,4)5/h6-16H,1-5H3,(H,29,31). The van der Waals surface area contributed by atoms with Crippen LogP contribution in [0.4, 0.5) is 5.69 Å². The zero-order valence-corrected chi connectivity index (χ0v) is 19.7. The summed E-state index contributed by atoms with van der Waals surface area (Å²) in [4.78, 5) is 17.5. The molecule has 0 aliphatic carbocycles. The SMILES string of the molecule is CC(C)c1ccc2oc(-c3ccc(Cl)c(NC(=O)c4ccc(C(C)(C)C)cc4)c3)nc2c1. The Labute approximate surface area is 193 Å². The van der Waals surface area contributed by atoms with E-state index >= 15 is 0 Å². The molecule has 164 valence electrons. The van der Waals surface area contributed by atoms with Gasteiger partial charge in [-0.3, -0.25) is 4.79 Å². The first kappa shape index (κ1) is 22.1. The van der Waals surface area contributed by atoms with Crippen LogP contribution in [0.15, 0.2) is 65.1 Å². The molecule has 0 saturated heterocycles. The Bertz CT molecular complexity index is 1280. The number of hydrogen-bond donors (Lipinski definition) is 1. The molecule has 1 heterocycles. The van der Waals surface area contributed by atoms with Crippen LogP contribution in [-0.4, -0.2) is 10.9 Å². The Balaban J connectivity index is 1.60. The third kappa shape index (κ3) is 4.56. The number of rotatable bonds is 4. The third-order valence-corrected chi connectivity index (χ3v) is 5.88. The van der Waals surface area contributed by atoms with E-state index in [9.17, 15) is 4.79 Å². The van der Waals surface area contributed by atoms with Gasteiger partial charge in [0.2, 0.25) is 5.89 Å². The van der Waals surface area contributed by atoms with Crippen LogP contribution in [-0.2, 0) is 5.41 Å². The molecule has 0 radical (unpaired) electrons. The normalized spacial score (nSPS) is 11.8. The molecule has 0 fully saturated rings. The molecule has 0 aliphatic heterocycles. The second kappa shape index (κ2) is 8.44. The van der Waals surface area contributed by atoms with E-state index in [1.807, 2.05) is 42.5 Å². The van der Waals surface area contributed by atoms with Gasteiger partial charge in [0.1, 0.15) is 5.52 Å². The summed E-state index contributed by atoms with van der Waals surface area (Å²) in [6, 6.07) is 19.1. The van der Waals surface area contributed by atoms with E-state index in [4.69, 9.17) is 16.0 Å². The van der Waals surface area contributed by atoms with E-state index in [0.29, 0.717) is 28.1 Å². The molecule has 3 aromatic carbocycles. The Kier molecular flexibility index (Phi) is 5.83. The number of halogens is 1. The van der Waals surface area contributed by atoms with E-state index in [0.717, 1.165) is 16.7 Å². The van der Waals surface area contributed by atoms with Crippen molar-refractivity contribution in [3.8, 4) is 11.5 Å². The number of oxazole rings is 1. The zero-order valence-electron chi connectivity index (χ0n) is 19.0. The van der Waals surface area contributed by atoms with Crippen LogP contribution in [0.5, 0.6) is 0 Å². The molecule has 0 unspecified atom stereocenters. The second-order valence-electron chi connectivity index (χ2n) is 9.38. The van der Waals surface area contributed by atoms with Crippen molar-refractivity contribution in [2.75, 3.05) is 5.32 Å². The Morgan fingerprint density at radius 1 is 1.00 bits per heavy atom. The van der Waals surface area contributed by atoms with Gasteiger partial charge < -0.3 is 9.73 Å². The molecule has 5 heteroatoms. The molecular weight excluding hydrogens is 420 g/mol. The highest BCUT2D eigenvalue weighted by atomic mass is 35.5. The topological polar surface area (TPSA) is 55.1 Å². The van der Waals surface area contributed by atoms with Crippen LogP contribution >= 0.6 is 11.6 Å². The van der Waals surface area contributed by atoms with Gasteiger partial charge in [-0.05, 0) is 64.9 Å². The van der Waals surface area contributed by atoms with Crippen molar-refractivity contribution >= 4 is 34.3 Å². The van der Waals surface area contributed by atoms with E-state index in [1.54, 1.807) is 12.1 Å². The number of nitrogens with zero attached hydrogens (tertiary/aromatic N) is 1. The maximum Gasteiger partial charge on any atom is 0.255 e.